The molecule has 1 fully saturated rings. The standard InChI is InChI=1S/C29H37FN2O/c1-8-22-15-23(9-12-26(22)20(6)31)27-14-13-25(19(5)29(27)33-21(7)30)18(4)28(17(2)3)16-32-24-10-11-24/h9,12-16,20-21,24,32H,2,4,8,10-11,31H2,1,3,5-7H3/b28-16-/t20-,21?/m1/s1. The minimum atomic E-state index is -1.44. The lowest BCUT2D eigenvalue weighted by Gasteiger charge is -2.21. The first-order valence-corrected chi connectivity index (χ1v) is 11.8. The van der Waals surface area contributed by atoms with E-state index in [0.29, 0.717) is 11.8 Å². The van der Waals surface area contributed by atoms with E-state index in [1.165, 1.54) is 25.3 Å². The summed E-state index contributed by atoms with van der Waals surface area (Å²) in [6.45, 7) is 17.9. The van der Waals surface area contributed by atoms with E-state index in [4.69, 9.17) is 10.5 Å². The van der Waals surface area contributed by atoms with Gasteiger partial charge < -0.3 is 15.8 Å². The molecule has 2 atom stereocenters. The Bertz CT molecular complexity index is 1080. The Labute approximate surface area is 198 Å². The van der Waals surface area contributed by atoms with Crippen LogP contribution in [-0.2, 0) is 6.42 Å². The maximum absolute atomic E-state index is 14.1. The number of hydrogen-bond donors (Lipinski definition) is 2. The first-order valence-electron chi connectivity index (χ1n) is 11.8. The molecule has 33 heavy (non-hydrogen) atoms. The molecule has 3 rings (SSSR count). The molecule has 0 aromatic heterocycles. The normalized spacial score (nSPS) is 15.7. The van der Waals surface area contributed by atoms with E-state index < -0.39 is 6.36 Å². The maximum atomic E-state index is 14.1. The molecule has 0 saturated heterocycles. The molecule has 2 aromatic carbocycles. The van der Waals surface area contributed by atoms with Gasteiger partial charge in [0.05, 0.1) is 0 Å². The number of hydrogen-bond acceptors (Lipinski definition) is 3. The van der Waals surface area contributed by atoms with Crippen molar-refractivity contribution in [2.75, 3.05) is 0 Å². The first kappa shape index (κ1) is 24.8. The summed E-state index contributed by atoms with van der Waals surface area (Å²) in [5, 5.41) is 3.43. The Balaban J connectivity index is 2.09. The minimum Gasteiger partial charge on any atom is -0.460 e. The Hall–Kier alpha value is -2.85. The summed E-state index contributed by atoms with van der Waals surface area (Å²) in [5.41, 5.74) is 14.8. The number of rotatable bonds is 10. The maximum Gasteiger partial charge on any atom is 0.235 e. The number of allylic oxidation sites excluding steroid dienone is 3. The molecule has 0 bridgehead atoms. The third-order valence-corrected chi connectivity index (χ3v) is 6.16. The van der Waals surface area contributed by atoms with Crippen molar-refractivity contribution in [1.82, 2.24) is 5.32 Å². The SMILES string of the molecule is C=C(C)/C(=C/NC1CC1)C(=C)c1ccc(-c2ccc([C@@H](C)N)c(CC)c2)c(OC(C)F)c1C. The fraction of sp³-hybridized carbons (Fsp3) is 0.379. The van der Waals surface area contributed by atoms with Crippen LogP contribution in [0.4, 0.5) is 4.39 Å². The van der Waals surface area contributed by atoms with Crippen molar-refractivity contribution in [3.63, 3.8) is 0 Å². The van der Waals surface area contributed by atoms with Gasteiger partial charge in [0.15, 0.2) is 0 Å². The van der Waals surface area contributed by atoms with Crippen molar-refractivity contribution in [2.45, 2.75) is 72.3 Å². The fourth-order valence-electron chi connectivity index (χ4n) is 4.15. The van der Waals surface area contributed by atoms with Gasteiger partial charge >= 0.3 is 0 Å². The van der Waals surface area contributed by atoms with Crippen molar-refractivity contribution >= 4 is 5.57 Å². The molecule has 0 amide bonds. The van der Waals surface area contributed by atoms with Gasteiger partial charge in [0, 0.05) is 30.8 Å². The van der Waals surface area contributed by atoms with Gasteiger partial charge in [0.2, 0.25) is 6.36 Å². The highest BCUT2D eigenvalue weighted by Gasteiger charge is 2.22. The van der Waals surface area contributed by atoms with Gasteiger partial charge in [-0.2, -0.15) is 0 Å². The van der Waals surface area contributed by atoms with E-state index in [1.807, 2.05) is 45.2 Å². The lowest BCUT2D eigenvalue weighted by Crippen LogP contribution is -2.10. The molecule has 1 saturated carbocycles. The van der Waals surface area contributed by atoms with E-state index in [2.05, 4.69) is 37.5 Å². The van der Waals surface area contributed by atoms with Crippen molar-refractivity contribution in [3.8, 4) is 16.9 Å². The highest BCUT2D eigenvalue weighted by Crippen LogP contribution is 2.40. The molecule has 0 aliphatic heterocycles. The molecule has 1 aliphatic rings. The zero-order valence-electron chi connectivity index (χ0n) is 20.6. The Morgan fingerprint density at radius 2 is 1.94 bits per heavy atom. The molecule has 0 spiro atoms. The van der Waals surface area contributed by atoms with Crippen LogP contribution in [0, 0.1) is 6.92 Å². The second kappa shape index (κ2) is 10.4. The number of ether oxygens (including phenoxy) is 1. The van der Waals surface area contributed by atoms with Gasteiger partial charge in [0.25, 0.3) is 0 Å². The van der Waals surface area contributed by atoms with E-state index in [9.17, 15) is 4.39 Å². The summed E-state index contributed by atoms with van der Waals surface area (Å²) < 4.78 is 19.8. The summed E-state index contributed by atoms with van der Waals surface area (Å²) in [7, 11) is 0. The van der Waals surface area contributed by atoms with E-state index in [0.717, 1.165) is 51.0 Å². The molecule has 176 valence electrons. The van der Waals surface area contributed by atoms with E-state index in [1.54, 1.807) is 0 Å². The molecule has 4 heteroatoms. The lowest BCUT2D eigenvalue weighted by atomic mass is 9.88. The molecule has 1 aliphatic carbocycles. The summed E-state index contributed by atoms with van der Waals surface area (Å²) in [4.78, 5) is 0. The number of benzene rings is 2. The largest absolute Gasteiger partial charge is 0.460 e. The van der Waals surface area contributed by atoms with Crippen LogP contribution in [0.2, 0.25) is 0 Å². The molecule has 2 aromatic rings. The minimum absolute atomic E-state index is 0.0420. The molecule has 3 N–H and O–H groups in total. The Morgan fingerprint density at radius 1 is 1.24 bits per heavy atom. The van der Waals surface area contributed by atoms with Gasteiger partial charge in [-0.1, -0.05) is 50.4 Å². The summed E-state index contributed by atoms with van der Waals surface area (Å²) in [6.07, 6.45) is 3.82. The predicted molar refractivity (Wildman–Crippen MR) is 138 cm³/mol. The average Bonchev–Trinajstić information content (AvgIpc) is 3.58. The highest BCUT2D eigenvalue weighted by atomic mass is 19.1. The smallest absolute Gasteiger partial charge is 0.235 e. The van der Waals surface area contributed by atoms with Gasteiger partial charge in [-0.15, -0.1) is 0 Å². The molecule has 1 unspecified atom stereocenters. The second-order valence-electron chi connectivity index (χ2n) is 9.09. The number of nitrogens with one attached hydrogen (secondary N) is 1. The Kier molecular flexibility index (Phi) is 7.80. The summed E-state index contributed by atoms with van der Waals surface area (Å²) in [5.74, 6) is 0.537. The van der Waals surface area contributed by atoms with Crippen molar-refractivity contribution in [1.29, 1.82) is 0 Å². The molecular weight excluding hydrogens is 411 g/mol. The predicted octanol–water partition coefficient (Wildman–Crippen LogP) is 7.16. The van der Waals surface area contributed by atoms with Crippen LogP contribution in [0.3, 0.4) is 0 Å². The van der Waals surface area contributed by atoms with Crippen LogP contribution >= 0.6 is 0 Å². The number of aryl methyl sites for hydroxylation is 1. The van der Waals surface area contributed by atoms with Crippen LogP contribution < -0.4 is 15.8 Å². The number of alkyl halides is 1. The highest BCUT2D eigenvalue weighted by molar-refractivity contribution is 5.86. The molecular formula is C29H37FN2O. The van der Waals surface area contributed by atoms with Gasteiger partial charge in [-0.25, -0.2) is 4.39 Å². The molecule has 0 radical (unpaired) electrons. The monoisotopic (exact) mass is 448 g/mol. The third-order valence-electron chi connectivity index (χ3n) is 6.16. The van der Waals surface area contributed by atoms with Crippen molar-refractivity contribution < 1.29 is 9.13 Å². The number of nitrogens with two attached hydrogens (primary N) is 1. The zero-order valence-corrected chi connectivity index (χ0v) is 20.6. The fourth-order valence-corrected chi connectivity index (χ4v) is 4.15. The van der Waals surface area contributed by atoms with Crippen molar-refractivity contribution in [3.05, 3.63) is 83.1 Å². The van der Waals surface area contributed by atoms with Crippen molar-refractivity contribution in [2.24, 2.45) is 5.73 Å². The first-order chi connectivity index (χ1) is 15.6. The quantitative estimate of drug-likeness (QED) is 0.379. The average molecular weight is 449 g/mol. The van der Waals surface area contributed by atoms with Crippen LogP contribution in [0.1, 0.15) is 68.8 Å². The lowest BCUT2D eigenvalue weighted by molar-refractivity contribution is 0.0859. The molecule has 0 heterocycles. The third kappa shape index (κ3) is 5.75. The van der Waals surface area contributed by atoms with Crippen LogP contribution in [0.25, 0.3) is 16.7 Å². The summed E-state index contributed by atoms with van der Waals surface area (Å²) >= 11 is 0. The summed E-state index contributed by atoms with van der Waals surface area (Å²) in [6, 6.07) is 10.8. The molecule has 3 nitrogen and oxygen atoms in total. The zero-order chi connectivity index (χ0) is 24.3. The van der Waals surface area contributed by atoms with Gasteiger partial charge in [0.1, 0.15) is 5.75 Å². The number of halogens is 1. The van der Waals surface area contributed by atoms with Crippen LogP contribution in [0.5, 0.6) is 5.75 Å². The Morgan fingerprint density at radius 3 is 2.48 bits per heavy atom. The van der Waals surface area contributed by atoms with Gasteiger partial charge in [-0.05, 0) is 84.6 Å². The van der Waals surface area contributed by atoms with E-state index in [-0.39, 0.29) is 6.04 Å². The van der Waals surface area contributed by atoms with Gasteiger partial charge in [-0.3, -0.25) is 0 Å². The van der Waals surface area contributed by atoms with Crippen LogP contribution in [-0.4, -0.2) is 12.4 Å². The van der Waals surface area contributed by atoms with Crippen LogP contribution in [0.15, 0.2) is 60.8 Å². The van der Waals surface area contributed by atoms with E-state index >= 15 is 0 Å². The topological polar surface area (TPSA) is 47.3 Å². The second-order valence-corrected chi connectivity index (χ2v) is 9.09.